The number of hydrogen-bond donors (Lipinski definition) is 4. The summed E-state index contributed by atoms with van der Waals surface area (Å²) in [6.07, 6.45) is 1.03. The normalized spacial score (nSPS) is 13.6. The number of rotatable bonds is 10. The van der Waals surface area contributed by atoms with Crippen molar-refractivity contribution in [1.82, 2.24) is 10.0 Å². The first-order chi connectivity index (χ1) is 10.9. The molecule has 0 heterocycles. The second-order valence-electron chi connectivity index (χ2n) is 5.73. The highest BCUT2D eigenvalue weighted by atomic mass is 32.2. The Hall–Kier alpha value is -1.57. The summed E-state index contributed by atoms with van der Waals surface area (Å²) in [5.41, 5.74) is 6.86. The van der Waals surface area contributed by atoms with E-state index in [1.165, 1.54) is 0 Å². The lowest BCUT2D eigenvalue weighted by atomic mass is 10.1. The highest BCUT2D eigenvalue weighted by Crippen LogP contribution is 2.16. The quantitative estimate of drug-likeness (QED) is 0.291. The Kier molecular flexibility index (Phi) is 8.68. The van der Waals surface area contributed by atoms with Gasteiger partial charge in [0.2, 0.25) is 5.91 Å². The van der Waals surface area contributed by atoms with E-state index in [-0.39, 0.29) is 12.6 Å². The molecule has 0 saturated heterocycles. The van der Waals surface area contributed by atoms with E-state index in [9.17, 15) is 9.59 Å². The van der Waals surface area contributed by atoms with Crippen LogP contribution < -0.4 is 15.8 Å². The lowest BCUT2D eigenvalue weighted by Crippen LogP contribution is -2.44. The fourth-order valence-electron chi connectivity index (χ4n) is 1.98. The first-order valence-electron chi connectivity index (χ1n) is 7.58. The van der Waals surface area contributed by atoms with Gasteiger partial charge in [-0.15, -0.1) is 0 Å². The third-order valence-electron chi connectivity index (χ3n) is 3.16. The monoisotopic (exact) mass is 339 g/mol. The van der Waals surface area contributed by atoms with Gasteiger partial charge in [0.05, 0.1) is 12.7 Å². The van der Waals surface area contributed by atoms with Crippen molar-refractivity contribution >= 4 is 23.8 Å². The summed E-state index contributed by atoms with van der Waals surface area (Å²) in [7, 11) is 0. The fourth-order valence-corrected chi connectivity index (χ4v) is 2.92. The molecule has 0 bridgehead atoms. The number of carboxylic acid groups (broad SMARTS) is 1. The average molecular weight is 339 g/mol. The van der Waals surface area contributed by atoms with E-state index >= 15 is 0 Å². The van der Waals surface area contributed by atoms with Crippen LogP contribution in [0.4, 0.5) is 0 Å². The van der Waals surface area contributed by atoms with Gasteiger partial charge in [-0.05, 0) is 24.3 Å². The number of carbonyl (C=O) groups is 2. The number of benzene rings is 1. The van der Waals surface area contributed by atoms with E-state index < -0.39 is 17.3 Å². The maximum absolute atomic E-state index is 11.9. The minimum absolute atomic E-state index is 0.174. The number of carboxylic acids is 1. The van der Waals surface area contributed by atoms with Gasteiger partial charge in [0, 0.05) is 0 Å². The molecule has 2 unspecified atom stereocenters. The Bertz CT molecular complexity index is 497. The molecule has 128 valence electrons. The molecule has 0 aliphatic heterocycles. The molecule has 0 radical (unpaired) electrons. The number of aliphatic carboxylic acids is 1. The number of amides is 1. The van der Waals surface area contributed by atoms with Crippen molar-refractivity contribution in [2.45, 2.75) is 38.0 Å². The minimum atomic E-state index is -0.858. The SMILES string of the molecule is CC(C)CC(SNCNC(=O)C(N)Cc1ccccc1)C(=O)O. The molecule has 1 rings (SSSR count). The van der Waals surface area contributed by atoms with Crippen molar-refractivity contribution in [2.24, 2.45) is 11.7 Å². The maximum Gasteiger partial charge on any atom is 0.317 e. The molecule has 6 nitrogen and oxygen atoms in total. The topological polar surface area (TPSA) is 104 Å². The highest BCUT2D eigenvalue weighted by molar-refractivity contribution is 7.98. The summed E-state index contributed by atoms with van der Waals surface area (Å²) in [5.74, 6) is -0.833. The fraction of sp³-hybridized carbons (Fsp3) is 0.500. The van der Waals surface area contributed by atoms with E-state index in [0.717, 1.165) is 17.5 Å². The molecule has 23 heavy (non-hydrogen) atoms. The van der Waals surface area contributed by atoms with Gasteiger partial charge >= 0.3 is 5.97 Å². The highest BCUT2D eigenvalue weighted by Gasteiger charge is 2.19. The predicted molar refractivity (Wildman–Crippen MR) is 92.7 cm³/mol. The number of carbonyl (C=O) groups excluding carboxylic acids is 1. The van der Waals surface area contributed by atoms with Crippen molar-refractivity contribution in [3.63, 3.8) is 0 Å². The van der Waals surface area contributed by atoms with E-state index in [1.54, 1.807) is 0 Å². The minimum Gasteiger partial charge on any atom is -0.480 e. The van der Waals surface area contributed by atoms with Gasteiger partial charge in [0.15, 0.2) is 0 Å². The van der Waals surface area contributed by atoms with Gasteiger partial charge in [0.25, 0.3) is 0 Å². The summed E-state index contributed by atoms with van der Waals surface area (Å²) in [4.78, 5) is 23.0. The van der Waals surface area contributed by atoms with Crippen LogP contribution >= 0.6 is 11.9 Å². The molecule has 0 aliphatic rings. The molecule has 0 aliphatic carbocycles. The van der Waals surface area contributed by atoms with Gasteiger partial charge in [-0.2, -0.15) is 0 Å². The van der Waals surface area contributed by atoms with E-state index in [0.29, 0.717) is 18.8 Å². The van der Waals surface area contributed by atoms with Crippen LogP contribution in [0.1, 0.15) is 25.8 Å². The molecule has 0 saturated carbocycles. The van der Waals surface area contributed by atoms with E-state index in [4.69, 9.17) is 10.8 Å². The lowest BCUT2D eigenvalue weighted by molar-refractivity contribution is -0.136. The standard InChI is InChI=1S/C16H25N3O3S/c1-11(2)8-14(16(21)22)23-19-10-18-15(20)13(17)9-12-6-4-3-5-7-12/h3-7,11,13-14,19H,8-10,17H2,1-2H3,(H,18,20)(H,21,22). The molecule has 2 atom stereocenters. The first-order valence-corrected chi connectivity index (χ1v) is 8.46. The molecule has 1 aromatic rings. The number of nitrogens with one attached hydrogen (secondary N) is 2. The molecule has 0 aromatic heterocycles. The molecule has 1 aromatic carbocycles. The first kappa shape index (κ1) is 19.5. The lowest BCUT2D eigenvalue weighted by Gasteiger charge is -2.16. The van der Waals surface area contributed by atoms with Gasteiger partial charge in [-0.1, -0.05) is 56.1 Å². The van der Waals surface area contributed by atoms with Crippen LogP contribution in [0, 0.1) is 5.92 Å². The Morgan fingerprint density at radius 1 is 1.26 bits per heavy atom. The molecular weight excluding hydrogens is 314 g/mol. The molecule has 1 amide bonds. The van der Waals surface area contributed by atoms with Gasteiger partial charge in [-0.25, -0.2) is 4.72 Å². The van der Waals surface area contributed by atoms with Crippen LogP contribution in [-0.4, -0.2) is 34.9 Å². The zero-order valence-corrected chi connectivity index (χ0v) is 14.3. The largest absolute Gasteiger partial charge is 0.480 e. The summed E-state index contributed by atoms with van der Waals surface area (Å²) >= 11 is 1.11. The van der Waals surface area contributed by atoms with E-state index in [2.05, 4.69) is 10.0 Å². The smallest absolute Gasteiger partial charge is 0.317 e. The second kappa shape index (κ2) is 10.3. The molecule has 0 fully saturated rings. The Labute approximate surface area is 141 Å². The molecule has 7 heteroatoms. The van der Waals surface area contributed by atoms with Crippen molar-refractivity contribution in [2.75, 3.05) is 6.67 Å². The zero-order chi connectivity index (χ0) is 17.2. The number of nitrogens with two attached hydrogens (primary N) is 1. The predicted octanol–water partition coefficient (Wildman–Crippen LogP) is 1.37. The van der Waals surface area contributed by atoms with Gasteiger partial charge < -0.3 is 16.2 Å². The number of hydrogen-bond acceptors (Lipinski definition) is 5. The van der Waals surface area contributed by atoms with Crippen LogP contribution in [-0.2, 0) is 16.0 Å². The van der Waals surface area contributed by atoms with Crippen LogP contribution in [0.2, 0.25) is 0 Å². The summed E-state index contributed by atoms with van der Waals surface area (Å²) in [6.45, 7) is 4.12. The van der Waals surface area contributed by atoms with Crippen molar-refractivity contribution < 1.29 is 14.7 Å². The molecular formula is C16H25N3O3S. The van der Waals surface area contributed by atoms with Crippen molar-refractivity contribution in [3.8, 4) is 0 Å². The molecule has 5 N–H and O–H groups in total. The van der Waals surface area contributed by atoms with Crippen LogP contribution in [0.5, 0.6) is 0 Å². The Balaban J connectivity index is 2.28. The Morgan fingerprint density at radius 2 is 1.91 bits per heavy atom. The molecule has 0 spiro atoms. The van der Waals surface area contributed by atoms with E-state index in [1.807, 2.05) is 44.2 Å². The summed E-state index contributed by atoms with van der Waals surface area (Å²) < 4.78 is 2.87. The third-order valence-corrected chi connectivity index (χ3v) is 4.15. The van der Waals surface area contributed by atoms with Crippen LogP contribution in [0.15, 0.2) is 30.3 Å². The third kappa shape index (κ3) is 8.01. The van der Waals surface area contributed by atoms with Gasteiger partial charge in [-0.3, -0.25) is 9.59 Å². The zero-order valence-electron chi connectivity index (χ0n) is 13.5. The summed E-state index contributed by atoms with van der Waals surface area (Å²) in [6, 6.07) is 8.93. The average Bonchev–Trinajstić information content (AvgIpc) is 2.50. The van der Waals surface area contributed by atoms with Crippen LogP contribution in [0.25, 0.3) is 0 Å². The van der Waals surface area contributed by atoms with Gasteiger partial charge in [0.1, 0.15) is 5.25 Å². The second-order valence-corrected chi connectivity index (χ2v) is 6.83. The van der Waals surface area contributed by atoms with Crippen molar-refractivity contribution in [3.05, 3.63) is 35.9 Å². The maximum atomic E-state index is 11.9. The van der Waals surface area contributed by atoms with Crippen molar-refractivity contribution in [1.29, 1.82) is 0 Å². The summed E-state index contributed by atoms with van der Waals surface area (Å²) in [5, 5.41) is 11.2. The Morgan fingerprint density at radius 3 is 2.48 bits per heavy atom. The van der Waals surface area contributed by atoms with Crippen LogP contribution in [0.3, 0.4) is 0 Å².